The first kappa shape index (κ1) is 17.0. The predicted octanol–water partition coefficient (Wildman–Crippen LogP) is 4.41. The number of amides is 1. The van der Waals surface area contributed by atoms with Crippen molar-refractivity contribution in [1.29, 1.82) is 0 Å². The second-order valence-corrected chi connectivity index (χ2v) is 5.95. The molecule has 0 heterocycles. The number of nitrogens with one attached hydrogen (secondary N) is 1. The average Bonchev–Trinajstić information content (AvgIpc) is 2.63. The molecule has 126 valence electrons. The summed E-state index contributed by atoms with van der Waals surface area (Å²) in [5.74, 6) is 0.247. The first-order valence-electron chi connectivity index (χ1n) is 7.86. The van der Waals surface area contributed by atoms with Crippen molar-refractivity contribution in [3.8, 4) is 5.75 Å². The van der Waals surface area contributed by atoms with Crippen molar-refractivity contribution in [2.24, 2.45) is 5.10 Å². The van der Waals surface area contributed by atoms with E-state index in [2.05, 4.69) is 10.5 Å². The molecule has 5 heteroatoms. The first-order valence-corrected chi connectivity index (χ1v) is 8.24. The van der Waals surface area contributed by atoms with E-state index in [-0.39, 0.29) is 5.91 Å². The molecule has 0 fully saturated rings. The molecule has 0 aromatic heterocycles. The van der Waals surface area contributed by atoms with E-state index >= 15 is 0 Å². The Labute approximate surface area is 151 Å². The van der Waals surface area contributed by atoms with Crippen LogP contribution >= 0.6 is 11.6 Å². The molecular formula is C20H17ClN2O2. The van der Waals surface area contributed by atoms with Gasteiger partial charge in [-0.2, -0.15) is 5.10 Å². The maximum atomic E-state index is 12.1. The molecule has 3 aromatic rings. The number of benzene rings is 3. The molecule has 0 aliphatic rings. The molecule has 1 N–H and O–H groups in total. The number of ether oxygens (including phenoxy) is 1. The second-order valence-electron chi connectivity index (χ2n) is 5.52. The van der Waals surface area contributed by atoms with Crippen molar-refractivity contribution < 1.29 is 9.53 Å². The highest BCUT2D eigenvalue weighted by atomic mass is 35.5. The average molecular weight is 353 g/mol. The number of carbonyl (C=O) groups is 1. The van der Waals surface area contributed by atoms with Gasteiger partial charge in [-0.3, -0.25) is 4.79 Å². The van der Waals surface area contributed by atoms with Gasteiger partial charge < -0.3 is 4.74 Å². The van der Waals surface area contributed by atoms with E-state index in [0.717, 1.165) is 16.3 Å². The molecule has 0 saturated carbocycles. The Bertz CT molecular complexity index is 902. The maximum absolute atomic E-state index is 12.1. The molecule has 0 spiro atoms. The molecule has 0 radical (unpaired) electrons. The fourth-order valence-electron chi connectivity index (χ4n) is 2.39. The van der Waals surface area contributed by atoms with Crippen LogP contribution in [-0.2, 0) is 4.79 Å². The molecule has 0 unspecified atom stereocenters. The van der Waals surface area contributed by atoms with Crippen molar-refractivity contribution in [1.82, 2.24) is 5.43 Å². The number of hydrogen-bond acceptors (Lipinski definition) is 3. The highest BCUT2D eigenvalue weighted by Gasteiger charge is 2.13. The molecule has 4 nitrogen and oxygen atoms in total. The van der Waals surface area contributed by atoms with Gasteiger partial charge in [-0.25, -0.2) is 5.43 Å². The topological polar surface area (TPSA) is 50.7 Å². The van der Waals surface area contributed by atoms with Crippen LogP contribution < -0.4 is 10.2 Å². The molecule has 0 aliphatic carbocycles. The van der Waals surface area contributed by atoms with Crippen LogP contribution in [0, 0.1) is 0 Å². The minimum absolute atomic E-state index is 0.327. The van der Waals surface area contributed by atoms with E-state index in [1.165, 1.54) is 0 Å². The Balaban J connectivity index is 1.62. The normalized spacial score (nSPS) is 12.2. The number of nitrogens with zero attached hydrogens (tertiary/aromatic N) is 1. The molecule has 0 aliphatic heterocycles. The van der Waals surface area contributed by atoms with Crippen molar-refractivity contribution >= 4 is 34.5 Å². The predicted molar refractivity (Wildman–Crippen MR) is 101 cm³/mol. The van der Waals surface area contributed by atoms with Gasteiger partial charge in [0.2, 0.25) is 0 Å². The lowest BCUT2D eigenvalue weighted by atomic mass is 10.1. The fourth-order valence-corrected chi connectivity index (χ4v) is 2.52. The lowest BCUT2D eigenvalue weighted by molar-refractivity contribution is -0.127. The Morgan fingerprint density at radius 1 is 1.08 bits per heavy atom. The fraction of sp³-hybridized carbons (Fsp3) is 0.100. The van der Waals surface area contributed by atoms with E-state index < -0.39 is 6.10 Å². The number of rotatable bonds is 5. The maximum Gasteiger partial charge on any atom is 0.280 e. The molecule has 0 saturated heterocycles. The second kappa shape index (κ2) is 7.81. The Hall–Kier alpha value is -2.85. The zero-order valence-corrected chi connectivity index (χ0v) is 14.4. The van der Waals surface area contributed by atoms with E-state index in [1.54, 1.807) is 37.4 Å². The summed E-state index contributed by atoms with van der Waals surface area (Å²) in [4.78, 5) is 12.1. The lowest BCUT2D eigenvalue weighted by Crippen LogP contribution is -2.33. The highest BCUT2D eigenvalue weighted by Crippen LogP contribution is 2.17. The van der Waals surface area contributed by atoms with E-state index in [0.29, 0.717) is 10.8 Å². The Morgan fingerprint density at radius 3 is 2.60 bits per heavy atom. The summed E-state index contributed by atoms with van der Waals surface area (Å²) in [5.41, 5.74) is 3.44. The largest absolute Gasteiger partial charge is 0.481 e. The molecule has 1 amide bonds. The summed E-state index contributed by atoms with van der Waals surface area (Å²) >= 11 is 5.82. The number of hydrogen-bond donors (Lipinski definition) is 1. The van der Waals surface area contributed by atoms with Crippen molar-refractivity contribution in [3.05, 3.63) is 77.3 Å². The Morgan fingerprint density at radius 2 is 1.80 bits per heavy atom. The quantitative estimate of drug-likeness (QED) is 0.546. The third kappa shape index (κ3) is 4.37. The Kier molecular flexibility index (Phi) is 5.31. The van der Waals surface area contributed by atoms with Crippen LogP contribution in [0.3, 0.4) is 0 Å². The number of carbonyl (C=O) groups excluding carboxylic acids is 1. The van der Waals surface area contributed by atoms with Crippen LogP contribution in [0.25, 0.3) is 10.8 Å². The van der Waals surface area contributed by atoms with Crippen LogP contribution in [0.15, 0.2) is 71.8 Å². The van der Waals surface area contributed by atoms with E-state index in [1.807, 2.05) is 42.5 Å². The van der Waals surface area contributed by atoms with Gasteiger partial charge in [-0.15, -0.1) is 0 Å². The molecule has 25 heavy (non-hydrogen) atoms. The number of halogens is 1. The summed E-state index contributed by atoms with van der Waals surface area (Å²) in [7, 11) is 0. The first-order chi connectivity index (χ1) is 12.1. The summed E-state index contributed by atoms with van der Waals surface area (Å²) in [6.07, 6.45) is 0.959. The number of hydrazone groups is 1. The van der Waals surface area contributed by atoms with Crippen LogP contribution in [0.4, 0.5) is 0 Å². The van der Waals surface area contributed by atoms with Gasteiger partial charge in [0, 0.05) is 10.6 Å². The minimum Gasteiger partial charge on any atom is -0.481 e. The van der Waals surface area contributed by atoms with Crippen LogP contribution in [0.2, 0.25) is 5.02 Å². The van der Waals surface area contributed by atoms with Crippen LogP contribution in [0.5, 0.6) is 5.75 Å². The van der Waals surface area contributed by atoms with Gasteiger partial charge in [0.15, 0.2) is 6.10 Å². The molecule has 0 bridgehead atoms. The van der Waals surface area contributed by atoms with E-state index in [4.69, 9.17) is 16.3 Å². The zero-order valence-electron chi connectivity index (χ0n) is 13.6. The third-order valence-electron chi connectivity index (χ3n) is 3.70. The van der Waals surface area contributed by atoms with Gasteiger partial charge in [0.25, 0.3) is 5.91 Å². The van der Waals surface area contributed by atoms with Crippen LogP contribution in [0.1, 0.15) is 12.5 Å². The van der Waals surface area contributed by atoms with Crippen molar-refractivity contribution in [2.75, 3.05) is 0 Å². The monoisotopic (exact) mass is 352 g/mol. The summed E-state index contributed by atoms with van der Waals surface area (Å²) < 4.78 is 5.56. The summed E-state index contributed by atoms with van der Waals surface area (Å²) in [6, 6.07) is 20.8. The molecular weight excluding hydrogens is 336 g/mol. The van der Waals surface area contributed by atoms with Crippen molar-refractivity contribution in [2.45, 2.75) is 13.0 Å². The lowest BCUT2D eigenvalue weighted by Gasteiger charge is -2.12. The third-order valence-corrected chi connectivity index (χ3v) is 3.95. The SMILES string of the molecule is C[C@@H](Oc1ccc(Cl)cc1)C(=O)N/N=C\c1cccc2ccccc12. The van der Waals surface area contributed by atoms with Gasteiger partial charge in [-0.05, 0) is 42.0 Å². The minimum atomic E-state index is -0.675. The molecule has 3 aromatic carbocycles. The number of fused-ring (bicyclic) bond motifs is 1. The molecule has 1 atom stereocenters. The van der Waals surface area contributed by atoms with Gasteiger partial charge in [0.05, 0.1) is 6.21 Å². The van der Waals surface area contributed by atoms with Gasteiger partial charge >= 0.3 is 0 Å². The van der Waals surface area contributed by atoms with Gasteiger partial charge in [-0.1, -0.05) is 54.1 Å². The summed E-state index contributed by atoms with van der Waals surface area (Å²) in [6.45, 7) is 1.66. The highest BCUT2D eigenvalue weighted by molar-refractivity contribution is 6.30. The van der Waals surface area contributed by atoms with Crippen LogP contribution in [-0.4, -0.2) is 18.2 Å². The smallest absolute Gasteiger partial charge is 0.280 e. The standard InChI is InChI=1S/C20H17ClN2O2/c1-14(25-18-11-9-17(21)10-12-18)20(24)23-22-13-16-7-4-6-15-5-2-3-8-19(15)16/h2-14H,1H3,(H,23,24)/b22-13-/t14-/m1/s1. The van der Waals surface area contributed by atoms with Gasteiger partial charge in [0.1, 0.15) is 5.75 Å². The molecule has 3 rings (SSSR count). The van der Waals surface area contributed by atoms with E-state index in [9.17, 15) is 4.79 Å². The zero-order chi connectivity index (χ0) is 17.6. The van der Waals surface area contributed by atoms with Crippen molar-refractivity contribution in [3.63, 3.8) is 0 Å². The summed E-state index contributed by atoms with van der Waals surface area (Å²) in [5, 5.41) is 6.86.